The molecule has 1 atom stereocenters. The summed E-state index contributed by atoms with van der Waals surface area (Å²) >= 11 is 0. The van der Waals surface area contributed by atoms with Crippen molar-refractivity contribution in [2.75, 3.05) is 0 Å². The van der Waals surface area contributed by atoms with Gasteiger partial charge in [-0.3, -0.25) is 0 Å². The maximum Gasteiger partial charge on any atom is 0.108 e. The summed E-state index contributed by atoms with van der Waals surface area (Å²) in [4.78, 5) is 0. The fraction of sp³-hybridized carbons (Fsp3) is 0.300. The van der Waals surface area contributed by atoms with E-state index in [1.807, 2.05) is 30.3 Å². The summed E-state index contributed by atoms with van der Waals surface area (Å²) in [6.07, 6.45) is -0.204. The maximum absolute atomic E-state index is 8.56. The molecule has 0 aliphatic rings. The number of ether oxygens (including phenoxy) is 1. The van der Waals surface area contributed by atoms with Gasteiger partial charge in [0.2, 0.25) is 0 Å². The SMILES string of the molecule is CC([CH]O)OCc1ccccc1. The van der Waals surface area contributed by atoms with E-state index in [4.69, 9.17) is 9.84 Å². The number of hydrogen-bond acceptors (Lipinski definition) is 2. The molecule has 1 radical (unpaired) electrons. The largest absolute Gasteiger partial charge is 0.388 e. The van der Waals surface area contributed by atoms with Crippen LogP contribution in [-0.2, 0) is 11.3 Å². The highest BCUT2D eigenvalue weighted by atomic mass is 16.5. The first-order chi connectivity index (χ1) is 5.83. The van der Waals surface area contributed by atoms with Crippen LogP contribution >= 0.6 is 0 Å². The highest BCUT2D eigenvalue weighted by Gasteiger charge is 1.99. The third-order valence-corrected chi connectivity index (χ3v) is 1.57. The molecule has 0 heterocycles. The Hall–Kier alpha value is -0.860. The van der Waals surface area contributed by atoms with Crippen molar-refractivity contribution >= 4 is 0 Å². The fourth-order valence-corrected chi connectivity index (χ4v) is 0.845. The first-order valence-electron chi connectivity index (χ1n) is 3.96. The molecule has 0 spiro atoms. The standard InChI is InChI=1S/C10H13O2/c1-9(7-11)12-8-10-5-3-2-4-6-10/h2-7,9,11H,8H2,1H3. The van der Waals surface area contributed by atoms with Crippen molar-refractivity contribution in [3.63, 3.8) is 0 Å². The van der Waals surface area contributed by atoms with Gasteiger partial charge in [-0.25, -0.2) is 0 Å². The molecular formula is C10H13O2. The Kier molecular flexibility index (Phi) is 3.77. The minimum absolute atomic E-state index is 0.204. The first kappa shape index (κ1) is 9.23. The molecule has 1 aromatic rings. The van der Waals surface area contributed by atoms with Crippen LogP contribution in [0.2, 0.25) is 0 Å². The van der Waals surface area contributed by atoms with Crippen molar-refractivity contribution in [1.82, 2.24) is 0 Å². The first-order valence-corrected chi connectivity index (χ1v) is 3.96. The number of hydrogen-bond donors (Lipinski definition) is 1. The molecule has 1 N–H and O–H groups in total. The van der Waals surface area contributed by atoms with Crippen LogP contribution in [0.3, 0.4) is 0 Å². The Bertz CT molecular complexity index is 208. The lowest BCUT2D eigenvalue weighted by Crippen LogP contribution is -2.07. The second-order valence-corrected chi connectivity index (χ2v) is 2.65. The van der Waals surface area contributed by atoms with Gasteiger partial charge in [0.15, 0.2) is 0 Å². The average Bonchev–Trinajstić information content (AvgIpc) is 2.16. The van der Waals surface area contributed by atoms with Gasteiger partial charge in [-0.1, -0.05) is 30.3 Å². The molecule has 1 aromatic carbocycles. The summed E-state index contributed by atoms with van der Waals surface area (Å²) in [5, 5.41) is 8.56. The summed E-state index contributed by atoms with van der Waals surface area (Å²) in [6.45, 7) is 3.38. The van der Waals surface area contributed by atoms with Crippen LogP contribution in [0, 0.1) is 6.61 Å². The Morgan fingerprint density at radius 3 is 2.67 bits per heavy atom. The zero-order valence-electron chi connectivity index (χ0n) is 7.10. The Morgan fingerprint density at radius 1 is 1.42 bits per heavy atom. The molecule has 0 saturated carbocycles. The molecule has 65 valence electrons. The molecule has 0 fully saturated rings. The van der Waals surface area contributed by atoms with Gasteiger partial charge < -0.3 is 9.84 Å². The van der Waals surface area contributed by atoms with Crippen molar-refractivity contribution in [3.8, 4) is 0 Å². The van der Waals surface area contributed by atoms with Crippen LogP contribution in [0.1, 0.15) is 12.5 Å². The van der Waals surface area contributed by atoms with Gasteiger partial charge >= 0.3 is 0 Å². The van der Waals surface area contributed by atoms with E-state index in [9.17, 15) is 0 Å². The summed E-state index contributed by atoms with van der Waals surface area (Å²) in [7, 11) is 0. The van der Waals surface area contributed by atoms with Crippen LogP contribution < -0.4 is 0 Å². The molecule has 12 heavy (non-hydrogen) atoms. The van der Waals surface area contributed by atoms with Gasteiger partial charge in [0, 0.05) is 0 Å². The van der Waals surface area contributed by atoms with Gasteiger partial charge in [-0.2, -0.15) is 0 Å². The van der Waals surface area contributed by atoms with Gasteiger partial charge in [0.25, 0.3) is 0 Å². The summed E-state index contributed by atoms with van der Waals surface area (Å²) in [6, 6.07) is 9.87. The average molecular weight is 165 g/mol. The second-order valence-electron chi connectivity index (χ2n) is 2.65. The third kappa shape index (κ3) is 3.03. The molecule has 2 heteroatoms. The highest BCUT2D eigenvalue weighted by molar-refractivity contribution is 5.13. The Balaban J connectivity index is 2.33. The van der Waals surface area contributed by atoms with E-state index in [-0.39, 0.29) is 6.10 Å². The van der Waals surface area contributed by atoms with Crippen molar-refractivity contribution in [2.24, 2.45) is 0 Å². The lowest BCUT2D eigenvalue weighted by atomic mass is 10.2. The van der Waals surface area contributed by atoms with Gasteiger partial charge in [-0.15, -0.1) is 0 Å². The van der Waals surface area contributed by atoms with Crippen LogP contribution in [0.15, 0.2) is 30.3 Å². The maximum atomic E-state index is 8.56. The van der Waals surface area contributed by atoms with Crippen molar-refractivity contribution < 1.29 is 9.84 Å². The number of aliphatic hydroxyl groups excluding tert-OH is 1. The highest BCUT2D eigenvalue weighted by Crippen LogP contribution is 2.03. The van der Waals surface area contributed by atoms with E-state index in [2.05, 4.69) is 0 Å². The molecule has 0 saturated heterocycles. The zero-order valence-corrected chi connectivity index (χ0v) is 7.10. The number of rotatable bonds is 4. The van der Waals surface area contributed by atoms with Gasteiger partial charge in [0.05, 0.1) is 12.7 Å². The summed E-state index contributed by atoms with van der Waals surface area (Å²) in [5.74, 6) is 0. The molecule has 0 aromatic heterocycles. The molecule has 0 aliphatic carbocycles. The topological polar surface area (TPSA) is 29.5 Å². The van der Waals surface area contributed by atoms with E-state index in [1.165, 1.54) is 0 Å². The summed E-state index contributed by atoms with van der Waals surface area (Å²) in [5.41, 5.74) is 1.12. The second kappa shape index (κ2) is 4.91. The monoisotopic (exact) mass is 165 g/mol. The minimum Gasteiger partial charge on any atom is -0.388 e. The third-order valence-electron chi connectivity index (χ3n) is 1.57. The van der Waals surface area contributed by atoms with Gasteiger partial charge in [0.1, 0.15) is 6.61 Å². The molecule has 1 unspecified atom stereocenters. The van der Waals surface area contributed by atoms with Crippen LogP contribution in [0.5, 0.6) is 0 Å². The lowest BCUT2D eigenvalue weighted by molar-refractivity contribution is 0.0443. The summed E-state index contributed by atoms with van der Waals surface area (Å²) < 4.78 is 5.27. The lowest BCUT2D eigenvalue weighted by Gasteiger charge is -2.08. The zero-order chi connectivity index (χ0) is 8.81. The van der Waals surface area contributed by atoms with E-state index in [1.54, 1.807) is 6.92 Å². The predicted octanol–water partition coefficient (Wildman–Crippen LogP) is 2.13. The molecule has 2 nitrogen and oxygen atoms in total. The normalized spacial score (nSPS) is 12.8. The number of benzene rings is 1. The molecule has 0 bridgehead atoms. The smallest absolute Gasteiger partial charge is 0.108 e. The van der Waals surface area contributed by atoms with Crippen LogP contribution in [0.4, 0.5) is 0 Å². The molecular weight excluding hydrogens is 152 g/mol. The Morgan fingerprint density at radius 2 is 2.08 bits per heavy atom. The van der Waals surface area contributed by atoms with Gasteiger partial charge in [-0.05, 0) is 12.5 Å². The predicted molar refractivity (Wildman–Crippen MR) is 46.9 cm³/mol. The van der Waals surface area contributed by atoms with E-state index in [0.717, 1.165) is 12.2 Å². The molecule has 1 rings (SSSR count). The Labute approximate surface area is 72.8 Å². The molecule has 0 amide bonds. The van der Waals surface area contributed by atoms with Crippen molar-refractivity contribution in [1.29, 1.82) is 0 Å². The fourth-order valence-electron chi connectivity index (χ4n) is 0.845. The van der Waals surface area contributed by atoms with Crippen LogP contribution in [-0.4, -0.2) is 11.2 Å². The molecule has 0 aliphatic heterocycles. The van der Waals surface area contributed by atoms with E-state index < -0.39 is 0 Å². The van der Waals surface area contributed by atoms with E-state index >= 15 is 0 Å². The minimum atomic E-state index is -0.204. The van der Waals surface area contributed by atoms with Crippen LogP contribution in [0.25, 0.3) is 0 Å². The van der Waals surface area contributed by atoms with E-state index in [0.29, 0.717) is 6.61 Å². The number of aliphatic hydroxyl groups is 1. The van der Waals surface area contributed by atoms with Crippen molar-refractivity contribution in [3.05, 3.63) is 42.5 Å². The van der Waals surface area contributed by atoms with Crippen molar-refractivity contribution in [2.45, 2.75) is 19.6 Å². The quantitative estimate of drug-likeness (QED) is 0.740.